The highest BCUT2D eigenvalue weighted by molar-refractivity contribution is 6.31. The fraction of sp³-hybridized carbons (Fsp3) is 0.100. The first-order chi connectivity index (χ1) is 12.6. The van der Waals surface area contributed by atoms with E-state index in [2.05, 4.69) is 4.99 Å². The van der Waals surface area contributed by atoms with Gasteiger partial charge < -0.3 is 14.2 Å². The highest BCUT2D eigenvalue weighted by atomic mass is 35.5. The molecule has 0 radical (unpaired) electrons. The van der Waals surface area contributed by atoms with E-state index < -0.39 is 5.97 Å². The SMILES string of the molecule is COc1ccccc1/C=C/C=C1\N=C(c2cc(Cl)ccc2OC)OC1=O. The van der Waals surface area contributed by atoms with E-state index in [-0.39, 0.29) is 11.6 Å². The average molecular weight is 370 g/mol. The molecular formula is C20H16ClNO4. The summed E-state index contributed by atoms with van der Waals surface area (Å²) in [5.41, 5.74) is 1.59. The lowest BCUT2D eigenvalue weighted by Crippen LogP contribution is -2.07. The summed E-state index contributed by atoms with van der Waals surface area (Å²) in [6.07, 6.45) is 5.13. The van der Waals surface area contributed by atoms with E-state index in [1.54, 1.807) is 37.5 Å². The number of hydrogen-bond donors (Lipinski definition) is 0. The number of carbonyl (C=O) groups is 1. The van der Waals surface area contributed by atoms with Crippen LogP contribution in [0.1, 0.15) is 11.1 Å². The van der Waals surface area contributed by atoms with E-state index >= 15 is 0 Å². The molecule has 6 heteroatoms. The number of para-hydroxylation sites is 1. The van der Waals surface area contributed by atoms with Crippen LogP contribution in [0, 0.1) is 0 Å². The van der Waals surface area contributed by atoms with Gasteiger partial charge in [-0.1, -0.05) is 42.0 Å². The van der Waals surface area contributed by atoms with Crippen LogP contribution in [0.15, 0.2) is 65.3 Å². The van der Waals surface area contributed by atoms with E-state index in [0.29, 0.717) is 16.3 Å². The topological polar surface area (TPSA) is 57.1 Å². The molecule has 5 nitrogen and oxygen atoms in total. The number of halogens is 1. The lowest BCUT2D eigenvalue weighted by atomic mass is 10.2. The summed E-state index contributed by atoms with van der Waals surface area (Å²) in [6, 6.07) is 12.6. The van der Waals surface area contributed by atoms with E-state index in [0.717, 1.165) is 11.3 Å². The monoisotopic (exact) mass is 369 g/mol. The second-order valence-corrected chi connectivity index (χ2v) is 5.74. The lowest BCUT2D eigenvalue weighted by molar-refractivity contribution is -0.130. The van der Waals surface area contributed by atoms with Crippen LogP contribution in [0.2, 0.25) is 5.02 Å². The van der Waals surface area contributed by atoms with Gasteiger partial charge in [0.05, 0.1) is 19.8 Å². The average Bonchev–Trinajstić information content (AvgIpc) is 3.03. The van der Waals surface area contributed by atoms with Crippen LogP contribution in [0.5, 0.6) is 11.5 Å². The molecule has 1 heterocycles. The second-order valence-electron chi connectivity index (χ2n) is 5.30. The van der Waals surface area contributed by atoms with Crippen molar-refractivity contribution in [2.75, 3.05) is 14.2 Å². The molecular weight excluding hydrogens is 354 g/mol. The predicted molar refractivity (Wildman–Crippen MR) is 101 cm³/mol. The van der Waals surface area contributed by atoms with Crippen molar-refractivity contribution < 1.29 is 19.0 Å². The number of esters is 1. The van der Waals surface area contributed by atoms with E-state index in [1.165, 1.54) is 7.11 Å². The molecule has 0 aliphatic carbocycles. The smallest absolute Gasteiger partial charge is 0.363 e. The molecule has 0 fully saturated rings. The molecule has 0 aromatic heterocycles. The standard InChI is InChI=1S/C20H16ClNO4/c1-24-17-9-4-3-6-13(17)7-5-8-16-20(23)26-19(22-16)15-12-14(21)10-11-18(15)25-2/h3-12H,1-2H3/b7-5+,16-8-. The minimum atomic E-state index is -0.535. The third-order valence-corrected chi connectivity index (χ3v) is 3.92. The summed E-state index contributed by atoms with van der Waals surface area (Å²) in [5.74, 6) is 0.883. The first-order valence-electron chi connectivity index (χ1n) is 7.78. The molecule has 1 aliphatic rings. The highest BCUT2D eigenvalue weighted by Gasteiger charge is 2.26. The summed E-state index contributed by atoms with van der Waals surface area (Å²) in [7, 11) is 3.13. The Morgan fingerprint density at radius 2 is 1.85 bits per heavy atom. The number of nitrogens with zero attached hydrogens (tertiary/aromatic N) is 1. The molecule has 2 aromatic rings. The summed E-state index contributed by atoms with van der Waals surface area (Å²) >= 11 is 6.02. The zero-order valence-corrected chi connectivity index (χ0v) is 15.0. The third kappa shape index (κ3) is 3.78. The highest BCUT2D eigenvalue weighted by Crippen LogP contribution is 2.27. The van der Waals surface area contributed by atoms with Gasteiger partial charge in [0.2, 0.25) is 5.90 Å². The van der Waals surface area contributed by atoms with E-state index in [9.17, 15) is 4.79 Å². The first kappa shape index (κ1) is 17.8. The molecule has 3 rings (SSSR count). The van der Waals surface area contributed by atoms with Gasteiger partial charge in [0.1, 0.15) is 11.5 Å². The molecule has 0 bridgehead atoms. The molecule has 0 spiro atoms. The van der Waals surface area contributed by atoms with Crippen molar-refractivity contribution in [3.8, 4) is 11.5 Å². The zero-order valence-electron chi connectivity index (χ0n) is 14.2. The number of aliphatic imine (C=N–C) groups is 1. The van der Waals surface area contributed by atoms with Gasteiger partial charge in [0, 0.05) is 10.6 Å². The van der Waals surface area contributed by atoms with Gasteiger partial charge >= 0.3 is 5.97 Å². The molecule has 0 unspecified atom stereocenters. The number of carbonyl (C=O) groups excluding carboxylic acids is 1. The van der Waals surface area contributed by atoms with Gasteiger partial charge in [-0.3, -0.25) is 0 Å². The Hall–Kier alpha value is -3.05. The Kier molecular flexibility index (Phi) is 5.39. The number of allylic oxidation sites excluding steroid dienone is 2. The molecule has 0 amide bonds. The minimum absolute atomic E-state index is 0.159. The maximum absolute atomic E-state index is 12.1. The van der Waals surface area contributed by atoms with Gasteiger partial charge in [0.15, 0.2) is 5.70 Å². The number of methoxy groups -OCH3 is 2. The van der Waals surface area contributed by atoms with E-state index in [1.807, 2.05) is 30.3 Å². The summed E-state index contributed by atoms with van der Waals surface area (Å²) in [4.78, 5) is 16.3. The van der Waals surface area contributed by atoms with Crippen molar-refractivity contribution in [1.82, 2.24) is 0 Å². The van der Waals surface area contributed by atoms with Gasteiger partial charge in [-0.15, -0.1) is 0 Å². The summed E-state index contributed by atoms with van der Waals surface area (Å²) in [5, 5.41) is 0.494. The Bertz CT molecular complexity index is 931. The molecule has 1 aliphatic heterocycles. The third-order valence-electron chi connectivity index (χ3n) is 3.68. The maximum Gasteiger partial charge on any atom is 0.363 e. The van der Waals surface area contributed by atoms with Crippen molar-refractivity contribution in [3.05, 3.63) is 76.5 Å². The number of rotatable bonds is 5. The van der Waals surface area contributed by atoms with Crippen molar-refractivity contribution in [3.63, 3.8) is 0 Å². The van der Waals surface area contributed by atoms with Crippen LogP contribution in [0.3, 0.4) is 0 Å². The van der Waals surface area contributed by atoms with Crippen molar-refractivity contribution in [2.45, 2.75) is 0 Å². The first-order valence-corrected chi connectivity index (χ1v) is 8.16. The Morgan fingerprint density at radius 1 is 1.08 bits per heavy atom. The molecule has 26 heavy (non-hydrogen) atoms. The van der Waals surface area contributed by atoms with Crippen LogP contribution in [0.25, 0.3) is 6.08 Å². The molecule has 132 valence electrons. The normalized spacial score (nSPS) is 15.3. The minimum Gasteiger partial charge on any atom is -0.496 e. The van der Waals surface area contributed by atoms with Crippen LogP contribution in [0.4, 0.5) is 0 Å². The van der Waals surface area contributed by atoms with Gasteiger partial charge in [-0.05, 0) is 30.3 Å². The van der Waals surface area contributed by atoms with Crippen LogP contribution in [-0.2, 0) is 9.53 Å². The fourth-order valence-corrected chi connectivity index (χ4v) is 2.60. The predicted octanol–water partition coefficient (Wildman–Crippen LogP) is 4.26. The van der Waals surface area contributed by atoms with Crippen molar-refractivity contribution in [1.29, 1.82) is 0 Å². The van der Waals surface area contributed by atoms with Crippen LogP contribution >= 0.6 is 11.6 Å². The Morgan fingerprint density at radius 3 is 2.62 bits per heavy atom. The second kappa shape index (κ2) is 7.89. The summed E-state index contributed by atoms with van der Waals surface area (Å²) in [6.45, 7) is 0. The van der Waals surface area contributed by atoms with Crippen molar-refractivity contribution >= 4 is 29.5 Å². The molecule has 0 N–H and O–H groups in total. The van der Waals surface area contributed by atoms with Crippen LogP contribution in [-0.4, -0.2) is 26.1 Å². The maximum atomic E-state index is 12.1. The Balaban J connectivity index is 1.87. The molecule has 2 aromatic carbocycles. The zero-order chi connectivity index (χ0) is 18.5. The van der Waals surface area contributed by atoms with Crippen LogP contribution < -0.4 is 9.47 Å². The number of ether oxygens (including phenoxy) is 3. The van der Waals surface area contributed by atoms with Gasteiger partial charge in [0.25, 0.3) is 0 Å². The Labute approximate surface area is 156 Å². The molecule has 0 saturated heterocycles. The fourth-order valence-electron chi connectivity index (χ4n) is 2.43. The number of cyclic esters (lactones) is 1. The van der Waals surface area contributed by atoms with Gasteiger partial charge in [-0.2, -0.15) is 0 Å². The molecule has 0 atom stereocenters. The van der Waals surface area contributed by atoms with Crippen molar-refractivity contribution in [2.24, 2.45) is 4.99 Å². The quantitative estimate of drug-likeness (QED) is 0.583. The lowest BCUT2D eigenvalue weighted by Gasteiger charge is -2.07. The number of hydrogen-bond acceptors (Lipinski definition) is 5. The van der Waals surface area contributed by atoms with Gasteiger partial charge in [-0.25, -0.2) is 9.79 Å². The molecule has 0 saturated carbocycles. The van der Waals surface area contributed by atoms with E-state index in [4.69, 9.17) is 25.8 Å². The number of benzene rings is 2. The largest absolute Gasteiger partial charge is 0.496 e. The summed E-state index contributed by atoms with van der Waals surface area (Å²) < 4.78 is 15.8.